The van der Waals surface area contributed by atoms with E-state index in [1.165, 1.54) is 38.5 Å². The molecular formula is C19H34O3. The van der Waals surface area contributed by atoms with Gasteiger partial charge in [0.1, 0.15) is 0 Å². The Balaban J connectivity index is 1.84. The smallest absolute Gasteiger partial charge is 0.306 e. The first kappa shape index (κ1) is 19.2. The van der Waals surface area contributed by atoms with Crippen LogP contribution in [0.5, 0.6) is 0 Å². The number of carboxylic acids is 1. The van der Waals surface area contributed by atoms with Gasteiger partial charge < -0.3 is 9.84 Å². The monoisotopic (exact) mass is 310 g/mol. The van der Waals surface area contributed by atoms with E-state index >= 15 is 0 Å². The van der Waals surface area contributed by atoms with Gasteiger partial charge in [-0.2, -0.15) is 0 Å². The standard InChI is InChI=1S/C19H34O3/c1-3-4-10-14-17-18(22-17)15-12-9-7-5-6-8-11-13-16(2)19(20)21/h9,12,16-18H,3-8,10-11,13-15H2,1-2H3,(H,20,21)/t16?,17-,18+/m1/s1. The first-order valence-corrected chi connectivity index (χ1v) is 9.18. The lowest BCUT2D eigenvalue weighted by molar-refractivity contribution is -0.141. The summed E-state index contributed by atoms with van der Waals surface area (Å²) < 4.78 is 5.67. The number of aliphatic carboxylic acids is 1. The molecular weight excluding hydrogens is 276 g/mol. The number of ether oxygens (including phenoxy) is 1. The van der Waals surface area contributed by atoms with Crippen molar-refractivity contribution >= 4 is 5.97 Å². The molecule has 0 bridgehead atoms. The normalized spacial score (nSPS) is 22.1. The molecule has 0 aromatic heterocycles. The van der Waals surface area contributed by atoms with E-state index in [0.29, 0.717) is 12.2 Å². The van der Waals surface area contributed by atoms with Crippen molar-refractivity contribution in [3.63, 3.8) is 0 Å². The first-order chi connectivity index (χ1) is 10.6. The zero-order valence-electron chi connectivity index (χ0n) is 14.4. The molecule has 0 saturated carbocycles. The van der Waals surface area contributed by atoms with E-state index in [4.69, 9.17) is 9.84 Å². The molecule has 1 unspecified atom stereocenters. The summed E-state index contributed by atoms with van der Waals surface area (Å²) in [6.07, 6.45) is 18.4. The van der Waals surface area contributed by atoms with Gasteiger partial charge >= 0.3 is 5.97 Å². The topological polar surface area (TPSA) is 49.8 Å². The van der Waals surface area contributed by atoms with Crippen molar-refractivity contribution < 1.29 is 14.6 Å². The third kappa shape index (κ3) is 9.24. The molecule has 22 heavy (non-hydrogen) atoms. The molecule has 128 valence electrons. The summed E-state index contributed by atoms with van der Waals surface area (Å²) in [5.41, 5.74) is 0. The summed E-state index contributed by atoms with van der Waals surface area (Å²) in [7, 11) is 0. The predicted molar refractivity (Wildman–Crippen MR) is 91.1 cm³/mol. The van der Waals surface area contributed by atoms with E-state index in [9.17, 15) is 4.79 Å². The van der Waals surface area contributed by atoms with E-state index < -0.39 is 5.97 Å². The molecule has 1 heterocycles. The van der Waals surface area contributed by atoms with Crippen LogP contribution in [0.15, 0.2) is 12.2 Å². The van der Waals surface area contributed by atoms with Gasteiger partial charge in [-0.1, -0.05) is 64.5 Å². The average molecular weight is 310 g/mol. The second kappa shape index (κ2) is 11.7. The van der Waals surface area contributed by atoms with Crippen LogP contribution in [0, 0.1) is 5.92 Å². The van der Waals surface area contributed by atoms with Crippen molar-refractivity contribution in [3.8, 4) is 0 Å². The quantitative estimate of drug-likeness (QED) is 0.267. The fourth-order valence-electron chi connectivity index (χ4n) is 2.77. The van der Waals surface area contributed by atoms with Crippen LogP contribution in [-0.2, 0) is 9.53 Å². The van der Waals surface area contributed by atoms with Crippen LogP contribution in [0.4, 0.5) is 0 Å². The summed E-state index contributed by atoms with van der Waals surface area (Å²) in [4.78, 5) is 10.7. The third-order valence-corrected chi connectivity index (χ3v) is 4.49. The molecule has 0 radical (unpaired) electrons. The van der Waals surface area contributed by atoms with Crippen LogP contribution >= 0.6 is 0 Å². The second-order valence-corrected chi connectivity index (χ2v) is 6.65. The molecule has 0 spiro atoms. The highest BCUT2D eigenvalue weighted by Gasteiger charge is 2.36. The number of rotatable bonds is 14. The first-order valence-electron chi connectivity index (χ1n) is 9.18. The molecule has 0 aliphatic carbocycles. The van der Waals surface area contributed by atoms with Gasteiger partial charge in [-0.25, -0.2) is 0 Å². The van der Waals surface area contributed by atoms with Crippen molar-refractivity contribution in [1.29, 1.82) is 0 Å². The van der Waals surface area contributed by atoms with Gasteiger partial charge in [0.2, 0.25) is 0 Å². The number of carbonyl (C=O) groups is 1. The van der Waals surface area contributed by atoms with Crippen LogP contribution in [-0.4, -0.2) is 23.3 Å². The lowest BCUT2D eigenvalue weighted by atomic mass is 10.0. The van der Waals surface area contributed by atoms with Crippen molar-refractivity contribution in [2.24, 2.45) is 5.92 Å². The number of unbranched alkanes of at least 4 members (excludes halogenated alkanes) is 6. The highest BCUT2D eigenvalue weighted by molar-refractivity contribution is 5.69. The van der Waals surface area contributed by atoms with Gasteiger partial charge in [-0.05, 0) is 32.1 Å². The minimum absolute atomic E-state index is 0.191. The Morgan fingerprint density at radius 2 is 1.86 bits per heavy atom. The largest absolute Gasteiger partial charge is 0.481 e. The number of allylic oxidation sites excluding steroid dienone is 1. The van der Waals surface area contributed by atoms with Crippen LogP contribution in [0.25, 0.3) is 0 Å². The molecule has 3 nitrogen and oxygen atoms in total. The lowest BCUT2D eigenvalue weighted by Crippen LogP contribution is -2.08. The van der Waals surface area contributed by atoms with Crippen molar-refractivity contribution in [2.45, 2.75) is 96.7 Å². The van der Waals surface area contributed by atoms with Gasteiger partial charge in [0, 0.05) is 0 Å². The zero-order chi connectivity index (χ0) is 16.2. The number of epoxide rings is 1. The van der Waals surface area contributed by atoms with Gasteiger partial charge in [0.15, 0.2) is 0 Å². The Kier molecular flexibility index (Phi) is 10.2. The fraction of sp³-hybridized carbons (Fsp3) is 0.842. The minimum atomic E-state index is -0.668. The van der Waals surface area contributed by atoms with E-state index in [2.05, 4.69) is 19.1 Å². The highest BCUT2D eigenvalue weighted by Crippen LogP contribution is 2.30. The van der Waals surface area contributed by atoms with Crippen LogP contribution in [0.1, 0.15) is 84.5 Å². The summed E-state index contributed by atoms with van der Waals surface area (Å²) in [6, 6.07) is 0. The number of hydrogen-bond acceptors (Lipinski definition) is 2. The summed E-state index contributed by atoms with van der Waals surface area (Å²) >= 11 is 0. The third-order valence-electron chi connectivity index (χ3n) is 4.49. The second-order valence-electron chi connectivity index (χ2n) is 6.65. The fourth-order valence-corrected chi connectivity index (χ4v) is 2.77. The Morgan fingerprint density at radius 3 is 2.59 bits per heavy atom. The van der Waals surface area contributed by atoms with E-state index in [1.807, 2.05) is 0 Å². The minimum Gasteiger partial charge on any atom is -0.481 e. The van der Waals surface area contributed by atoms with Gasteiger partial charge in [-0.15, -0.1) is 0 Å². The van der Waals surface area contributed by atoms with E-state index in [-0.39, 0.29) is 5.92 Å². The van der Waals surface area contributed by atoms with Crippen molar-refractivity contribution in [3.05, 3.63) is 12.2 Å². The van der Waals surface area contributed by atoms with Crippen LogP contribution in [0.2, 0.25) is 0 Å². The van der Waals surface area contributed by atoms with Gasteiger partial charge in [-0.3, -0.25) is 4.79 Å². The zero-order valence-corrected chi connectivity index (χ0v) is 14.4. The Labute approximate surface area is 136 Å². The van der Waals surface area contributed by atoms with Crippen LogP contribution in [0.3, 0.4) is 0 Å². The van der Waals surface area contributed by atoms with E-state index in [1.54, 1.807) is 6.92 Å². The van der Waals surface area contributed by atoms with Gasteiger partial charge in [0.05, 0.1) is 18.1 Å². The molecule has 0 amide bonds. The Bertz CT molecular complexity index is 325. The predicted octanol–water partition coefficient (Wildman–Crippen LogP) is 5.34. The molecule has 1 fully saturated rings. The summed E-state index contributed by atoms with van der Waals surface area (Å²) in [6.45, 7) is 4.03. The average Bonchev–Trinajstić information content (AvgIpc) is 3.24. The Hall–Kier alpha value is -0.830. The molecule has 1 rings (SSSR count). The molecule has 1 saturated heterocycles. The summed E-state index contributed by atoms with van der Waals surface area (Å²) in [5, 5.41) is 8.79. The molecule has 3 heteroatoms. The SMILES string of the molecule is CCCCC[C@H]1O[C@H]1CC=CCCCCCCC(C)C(=O)O. The van der Waals surface area contributed by atoms with Crippen molar-refractivity contribution in [2.75, 3.05) is 0 Å². The molecule has 1 N–H and O–H groups in total. The maximum Gasteiger partial charge on any atom is 0.306 e. The van der Waals surface area contributed by atoms with Crippen LogP contribution < -0.4 is 0 Å². The maximum absolute atomic E-state index is 10.7. The van der Waals surface area contributed by atoms with Gasteiger partial charge in [0.25, 0.3) is 0 Å². The number of carboxylic acid groups (broad SMARTS) is 1. The number of hydrogen-bond donors (Lipinski definition) is 1. The maximum atomic E-state index is 10.7. The molecule has 0 aromatic rings. The highest BCUT2D eigenvalue weighted by atomic mass is 16.6. The molecule has 1 aliphatic rings. The van der Waals surface area contributed by atoms with Crippen molar-refractivity contribution in [1.82, 2.24) is 0 Å². The lowest BCUT2D eigenvalue weighted by Gasteiger charge is -2.04. The molecule has 0 aromatic carbocycles. The Morgan fingerprint density at radius 1 is 1.09 bits per heavy atom. The molecule has 3 atom stereocenters. The summed E-state index contributed by atoms with van der Waals surface area (Å²) in [5.74, 6) is -0.859. The molecule has 1 aliphatic heterocycles. The van der Waals surface area contributed by atoms with E-state index in [0.717, 1.165) is 32.1 Å².